The van der Waals surface area contributed by atoms with Crippen molar-refractivity contribution in [3.8, 4) is 0 Å². The minimum Gasteiger partial charge on any atom is -0.467 e. The molecule has 1 heterocycles. The van der Waals surface area contributed by atoms with E-state index >= 15 is 0 Å². The standard InChI is InChI=1S/C19H19NO5S/c1-24-19(23)16(12-14-6-3-2-4-7-14)20-17(21)13-25-18(22)10-9-15-8-5-11-26-15/h2-11,16H,12-13H2,1H3,(H,20,21)/b10-9+/t16-/m1/s1. The number of carbonyl (C=O) groups excluding carboxylic acids is 3. The Bertz CT molecular complexity index is 756. The van der Waals surface area contributed by atoms with Gasteiger partial charge in [-0.3, -0.25) is 4.79 Å². The highest BCUT2D eigenvalue weighted by Crippen LogP contribution is 2.10. The lowest BCUT2D eigenvalue weighted by Gasteiger charge is -2.16. The first-order chi connectivity index (χ1) is 12.6. The Morgan fingerprint density at radius 2 is 1.92 bits per heavy atom. The second-order valence-corrected chi connectivity index (χ2v) is 6.27. The molecule has 1 amide bonds. The average Bonchev–Trinajstić information content (AvgIpc) is 3.18. The third kappa shape index (κ3) is 6.52. The summed E-state index contributed by atoms with van der Waals surface area (Å²) in [5.74, 6) is -1.77. The summed E-state index contributed by atoms with van der Waals surface area (Å²) in [6.07, 6.45) is 3.14. The van der Waals surface area contributed by atoms with Crippen molar-refractivity contribution in [2.24, 2.45) is 0 Å². The number of hydrogen-bond acceptors (Lipinski definition) is 6. The van der Waals surface area contributed by atoms with E-state index in [1.807, 2.05) is 47.8 Å². The van der Waals surface area contributed by atoms with E-state index in [9.17, 15) is 14.4 Å². The fourth-order valence-electron chi connectivity index (χ4n) is 2.14. The number of ether oxygens (including phenoxy) is 2. The fraction of sp³-hybridized carbons (Fsp3) is 0.211. The molecule has 1 N–H and O–H groups in total. The van der Waals surface area contributed by atoms with Gasteiger partial charge in [-0.15, -0.1) is 11.3 Å². The van der Waals surface area contributed by atoms with Crippen molar-refractivity contribution in [3.05, 3.63) is 64.4 Å². The lowest BCUT2D eigenvalue weighted by atomic mass is 10.1. The Labute approximate surface area is 155 Å². The Morgan fingerprint density at radius 3 is 2.58 bits per heavy atom. The molecule has 2 rings (SSSR count). The maximum absolute atomic E-state index is 12.0. The lowest BCUT2D eigenvalue weighted by Crippen LogP contribution is -2.44. The first-order valence-corrected chi connectivity index (χ1v) is 8.76. The predicted octanol–water partition coefficient (Wildman–Crippen LogP) is 2.21. The molecule has 26 heavy (non-hydrogen) atoms. The smallest absolute Gasteiger partial charge is 0.331 e. The number of amides is 1. The largest absolute Gasteiger partial charge is 0.467 e. The molecule has 0 saturated heterocycles. The topological polar surface area (TPSA) is 81.7 Å². The molecule has 0 bridgehead atoms. The van der Waals surface area contributed by atoms with E-state index in [2.05, 4.69) is 5.32 Å². The van der Waals surface area contributed by atoms with Gasteiger partial charge in [0.2, 0.25) is 0 Å². The highest BCUT2D eigenvalue weighted by atomic mass is 32.1. The monoisotopic (exact) mass is 373 g/mol. The number of methoxy groups -OCH3 is 1. The minimum absolute atomic E-state index is 0.283. The Kier molecular flexibility index (Phi) is 7.57. The number of hydrogen-bond donors (Lipinski definition) is 1. The van der Waals surface area contributed by atoms with Crippen LogP contribution in [-0.2, 0) is 30.3 Å². The van der Waals surface area contributed by atoms with Crippen LogP contribution in [0, 0.1) is 0 Å². The van der Waals surface area contributed by atoms with Gasteiger partial charge in [0.05, 0.1) is 7.11 Å². The molecule has 0 aliphatic heterocycles. The van der Waals surface area contributed by atoms with Crippen molar-refractivity contribution in [2.75, 3.05) is 13.7 Å². The number of nitrogens with one attached hydrogen (secondary N) is 1. The van der Waals surface area contributed by atoms with E-state index in [0.29, 0.717) is 0 Å². The zero-order valence-electron chi connectivity index (χ0n) is 14.2. The summed E-state index contributed by atoms with van der Waals surface area (Å²) in [6.45, 7) is -0.476. The Hall–Kier alpha value is -2.93. The van der Waals surface area contributed by atoms with E-state index in [1.165, 1.54) is 24.5 Å². The van der Waals surface area contributed by atoms with Crippen LogP contribution in [0.15, 0.2) is 53.9 Å². The van der Waals surface area contributed by atoms with Crippen LogP contribution in [0.25, 0.3) is 6.08 Å². The summed E-state index contributed by atoms with van der Waals surface area (Å²) >= 11 is 1.48. The molecule has 0 aliphatic rings. The molecule has 2 aromatic rings. The van der Waals surface area contributed by atoms with Gasteiger partial charge in [0.1, 0.15) is 6.04 Å². The maximum Gasteiger partial charge on any atom is 0.331 e. The van der Waals surface area contributed by atoms with Crippen molar-refractivity contribution in [1.82, 2.24) is 5.32 Å². The molecule has 1 aromatic heterocycles. The van der Waals surface area contributed by atoms with Gasteiger partial charge in [0, 0.05) is 17.4 Å². The van der Waals surface area contributed by atoms with Gasteiger partial charge in [0.25, 0.3) is 5.91 Å². The van der Waals surface area contributed by atoms with Gasteiger partial charge < -0.3 is 14.8 Å². The molecule has 1 atom stereocenters. The third-order valence-electron chi connectivity index (χ3n) is 3.38. The molecule has 0 aliphatic carbocycles. The second-order valence-electron chi connectivity index (χ2n) is 5.29. The number of benzene rings is 1. The summed E-state index contributed by atoms with van der Waals surface area (Å²) in [5.41, 5.74) is 0.874. The van der Waals surface area contributed by atoms with E-state index in [4.69, 9.17) is 9.47 Å². The van der Waals surface area contributed by atoms with Crippen molar-refractivity contribution in [3.63, 3.8) is 0 Å². The van der Waals surface area contributed by atoms with Crippen LogP contribution in [0.5, 0.6) is 0 Å². The lowest BCUT2D eigenvalue weighted by molar-refractivity contribution is -0.147. The van der Waals surface area contributed by atoms with Gasteiger partial charge in [-0.05, 0) is 23.1 Å². The van der Waals surface area contributed by atoms with Crippen LogP contribution >= 0.6 is 11.3 Å². The van der Waals surface area contributed by atoms with Crippen LogP contribution in [0.3, 0.4) is 0 Å². The number of rotatable bonds is 8. The summed E-state index contributed by atoms with van der Waals surface area (Å²) in [7, 11) is 1.25. The highest BCUT2D eigenvalue weighted by Gasteiger charge is 2.22. The van der Waals surface area contributed by atoms with Crippen LogP contribution in [0.1, 0.15) is 10.4 Å². The summed E-state index contributed by atoms with van der Waals surface area (Å²) in [6, 6.07) is 12.1. The Morgan fingerprint density at radius 1 is 1.15 bits per heavy atom. The van der Waals surface area contributed by atoms with Crippen molar-refractivity contribution in [2.45, 2.75) is 12.5 Å². The van der Waals surface area contributed by atoms with E-state index in [1.54, 1.807) is 6.08 Å². The molecule has 0 fully saturated rings. The molecule has 6 nitrogen and oxygen atoms in total. The molecule has 136 valence electrons. The highest BCUT2D eigenvalue weighted by molar-refractivity contribution is 7.10. The first kappa shape index (κ1) is 19.4. The van der Waals surface area contributed by atoms with E-state index < -0.39 is 30.5 Å². The SMILES string of the molecule is COC(=O)[C@@H](Cc1ccccc1)NC(=O)COC(=O)/C=C/c1cccs1. The molecule has 7 heteroatoms. The average molecular weight is 373 g/mol. The van der Waals surface area contributed by atoms with Crippen molar-refractivity contribution < 1.29 is 23.9 Å². The normalized spacial score (nSPS) is 11.7. The molecule has 0 spiro atoms. The quantitative estimate of drug-likeness (QED) is 0.567. The summed E-state index contributed by atoms with van der Waals surface area (Å²) < 4.78 is 9.60. The number of thiophene rings is 1. The number of esters is 2. The summed E-state index contributed by atoms with van der Waals surface area (Å²) in [5, 5.41) is 4.42. The van der Waals surface area contributed by atoms with Crippen LogP contribution in [0.4, 0.5) is 0 Å². The van der Waals surface area contributed by atoms with Crippen LogP contribution in [0.2, 0.25) is 0 Å². The van der Waals surface area contributed by atoms with Gasteiger partial charge >= 0.3 is 11.9 Å². The molecule has 0 saturated carbocycles. The van der Waals surface area contributed by atoms with Gasteiger partial charge in [-0.25, -0.2) is 9.59 Å². The third-order valence-corrected chi connectivity index (χ3v) is 4.21. The number of carbonyl (C=O) groups is 3. The molecule has 1 aromatic carbocycles. The van der Waals surface area contributed by atoms with Gasteiger partial charge in [-0.2, -0.15) is 0 Å². The van der Waals surface area contributed by atoms with Gasteiger partial charge in [0.15, 0.2) is 6.61 Å². The van der Waals surface area contributed by atoms with Crippen LogP contribution < -0.4 is 5.32 Å². The fourth-order valence-corrected chi connectivity index (χ4v) is 2.76. The zero-order valence-corrected chi connectivity index (χ0v) is 15.0. The molecule has 0 unspecified atom stereocenters. The zero-order chi connectivity index (χ0) is 18.8. The molecule has 0 radical (unpaired) electrons. The van der Waals surface area contributed by atoms with Crippen molar-refractivity contribution in [1.29, 1.82) is 0 Å². The summed E-state index contributed by atoms with van der Waals surface area (Å²) in [4.78, 5) is 36.4. The van der Waals surface area contributed by atoms with E-state index in [0.717, 1.165) is 10.4 Å². The molecular weight excluding hydrogens is 354 g/mol. The maximum atomic E-state index is 12.0. The minimum atomic E-state index is -0.852. The second kappa shape index (κ2) is 10.1. The van der Waals surface area contributed by atoms with Crippen LogP contribution in [-0.4, -0.2) is 37.6 Å². The Balaban J connectivity index is 1.84. The van der Waals surface area contributed by atoms with Crippen molar-refractivity contribution >= 4 is 35.3 Å². The first-order valence-electron chi connectivity index (χ1n) is 7.88. The molecular formula is C19H19NO5S. The van der Waals surface area contributed by atoms with Gasteiger partial charge in [-0.1, -0.05) is 36.4 Å². The predicted molar refractivity (Wildman–Crippen MR) is 98.4 cm³/mol. The van der Waals surface area contributed by atoms with E-state index in [-0.39, 0.29) is 6.42 Å².